The van der Waals surface area contributed by atoms with Gasteiger partial charge in [-0.25, -0.2) is 4.79 Å². The van der Waals surface area contributed by atoms with Gasteiger partial charge in [0.15, 0.2) is 5.82 Å². The third-order valence-corrected chi connectivity index (χ3v) is 4.83. The number of hydrogen-bond acceptors (Lipinski definition) is 7. The smallest absolute Gasteiger partial charge is 0.317 e. The number of carboxylic acid groups (broad SMARTS) is 1. The molecule has 29 heavy (non-hydrogen) atoms. The first-order chi connectivity index (χ1) is 14.0. The fraction of sp³-hybridized carbons (Fsp3) is 0.789. The molecule has 0 bridgehead atoms. The number of ether oxygens (including phenoxy) is 1. The lowest BCUT2D eigenvalue weighted by Crippen LogP contribution is -2.46. The van der Waals surface area contributed by atoms with Crippen molar-refractivity contribution < 1.29 is 24.0 Å². The number of rotatable bonds is 8. The van der Waals surface area contributed by atoms with E-state index in [-0.39, 0.29) is 24.7 Å². The summed E-state index contributed by atoms with van der Waals surface area (Å²) in [5.74, 6) is 1.73. The van der Waals surface area contributed by atoms with Crippen LogP contribution in [0.1, 0.15) is 57.7 Å². The Bertz CT molecular complexity index is 626. The number of urea groups is 1. The average molecular weight is 412 g/mol. The first kappa shape index (κ1) is 23.1. The Morgan fingerprint density at radius 1 is 1.34 bits per heavy atom. The van der Waals surface area contributed by atoms with Crippen molar-refractivity contribution in [2.75, 3.05) is 32.7 Å². The number of carbonyl (C=O) groups is 2. The summed E-state index contributed by atoms with van der Waals surface area (Å²) in [6.45, 7) is 10.5. The topological polar surface area (TPSA) is 121 Å². The van der Waals surface area contributed by atoms with Gasteiger partial charge in [0.25, 0.3) is 6.47 Å². The van der Waals surface area contributed by atoms with Crippen molar-refractivity contribution in [3.8, 4) is 0 Å². The van der Waals surface area contributed by atoms with Crippen LogP contribution in [-0.2, 0) is 16.1 Å². The molecule has 2 fully saturated rings. The molecule has 2 aliphatic rings. The molecule has 10 heteroatoms. The zero-order valence-corrected chi connectivity index (χ0v) is 17.5. The first-order valence-electron chi connectivity index (χ1n) is 10.3. The second-order valence-corrected chi connectivity index (χ2v) is 7.55. The van der Waals surface area contributed by atoms with Gasteiger partial charge in [-0.2, -0.15) is 4.98 Å². The fourth-order valence-corrected chi connectivity index (χ4v) is 3.40. The van der Waals surface area contributed by atoms with Crippen molar-refractivity contribution in [2.45, 2.75) is 64.7 Å². The zero-order valence-electron chi connectivity index (χ0n) is 17.5. The standard InChI is InChI=1S/C18H31N5O3.CH2O2/c1-4-23(12-16-20-17(26-21-16)15-6-7-15)18(24)19-8-5-9-22-10-13(2)25-14(3)11-22;2-1-3/h13-15H,4-12H2,1-3H3,(H,19,24);1H,(H,2,3)/t13-,14+;. The van der Waals surface area contributed by atoms with E-state index in [4.69, 9.17) is 19.2 Å². The molecule has 1 saturated heterocycles. The van der Waals surface area contributed by atoms with E-state index >= 15 is 0 Å². The lowest BCUT2D eigenvalue weighted by Gasteiger charge is -2.35. The van der Waals surface area contributed by atoms with E-state index < -0.39 is 0 Å². The minimum Gasteiger partial charge on any atom is -0.483 e. The average Bonchev–Trinajstić information content (AvgIpc) is 3.42. The SMILES string of the molecule is CCN(Cc1noc(C2CC2)n1)C(=O)NCCCN1C[C@@H](C)O[C@@H](C)C1.O=CO. The molecule has 2 N–H and O–H groups in total. The van der Waals surface area contributed by atoms with Crippen molar-refractivity contribution >= 4 is 12.5 Å². The largest absolute Gasteiger partial charge is 0.483 e. The summed E-state index contributed by atoms with van der Waals surface area (Å²) in [7, 11) is 0. The van der Waals surface area contributed by atoms with Gasteiger partial charge in [-0.1, -0.05) is 5.16 Å². The van der Waals surface area contributed by atoms with Crippen molar-refractivity contribution in [3.63, 3.8) is 0 Å². The third kappa shape index (κ3) is 7.98. The molecular weight excluding hydrogens is 378 g/mol. The third-order valence-electron chi connectivity index (χ3n) is 4.83. The Kier molecular flexibility index (Phi) is 9.33. The van der Waals surface area contributed by atoms with Crippen LogP contribution in [0.2, 0.25) is 0 Å². The summed E-state index contributed by atoms with van der Waals surface area (Å²) in [6, 6.07) is -0.0750. The number of carbonyl (C=O) groups excluding carboxylic acids is 1. The lowest BCUT2D eigenvalue weighted by molar-refractivity contribution is -0.122. The van der Waals surface area contributed by atoms with Gasteiger partial charge in [0, 0.05) is 38.6 Å². The molecular formula is C19H33N5O5. The van der Waals surface area contributed by atoms with Gasteiger partial charge in [-0.15, -0.1) is 0 Å². The van der Waals surface area contributed by atoms with Gasteiger partial charge in [0.2, 0.25) is 5.89 Å². The van der Waals surface area contributed by atoms with E-state index in [2.05, 4.69) is 34.2 Å². The maximum atomic E-state index is 12.4. The maximum Gasteiger partial charge on any atom is 0.317 e. The highest BCUT2D eigenvalue weighted by atomic mass is 16.5. The van der Waals surface area contributed by atoms with E-state index in [1.54, 1.807) is 4.90 Å². The Labute approximate surface area is 171 Å². The monoisotopic (exact) mass is 411 g/mol. The number of aromatic nitrogens is 2. The van der Waals surface area contributed by atoms with Crippen LogP contribution >= 0.6 is 0 Å². The molecule has 0 spiro atoms. The van der Waals surface area contributed by atoms with Gasteiger partial charge >= 0.3 is 6.03 Å². The van der Waals surface area contributed by atoms with E-state index in [9.17, 15) is 4.79 Å². The minimum atomic E-state index is -0.250. The molecule has 1 aliphatic heterocycles. The van der Waals surface area contributed by atoms with Gasteiger partial charge < -0.3 is 24.6 Å². The molecule has 1 aromatic heterocycles. The van der Waals surface area contributed by atoms with Gasteiger partial charge in [-0.3, -0.25) is 9.69 Å². The van der Waals surface area contributed by atoms with Crippen molar-refractivity contribution in [1.82, 2.24) is 25.3 Å². The fourth-order valence-electron chi connectivity index (χ4n) is 3.40. The van der Waals surface area contributed by atoms with Crippen molar-refractivity contribution in [1.29, 1.82) is 0 Å². The summed E-state index contributed by atoms with van der Waals surface area (Å²) in [5.41, 5.74) is 0. The van der Waals surface area contributed by atoms with Crippen LogP contribution in [0.15, 0.2) is 4.52 Å². The quantitative estimate of drug-likeness (QED) is 0.489. The Morgan fingerprint density at radius 3 is 2.59 bits per heavy atom. The molecule has 2 atom stereocenters. The Hall–Kier alpha value is -2.20. The van der Waals surface area contributed by atoms with Crippen LogP contribution in [0.5, 0.6) is 0 Å². The number of nitrogens with one attached hydrogen (secondary N) is 1. The molecule has 1 aliphatic carbocycles. The van der Waals surface area contributed by atoms with Gasteiger partial charge in [0.05, 0.1) is 18.8 Å². The number of amides is 2. The molecule has 164 valence electrons. The number of nitrogens with zero attached hydrogens (tertiary/aromatic N) is 4. The second kappa shape index (κ2) is 11.7. The van der Waals surface area contributed by atoms with Crippen LogP contribution < -0.4 is 5.32 Å². The van der Waals surface area contributed by atoms with Crippen LogP contribution in [0.25, 0.3) is 0 Å². The van der Waals surface area contributed by atoms with E-state index in [1.165, 1.54) is 0 Å². The molecule has 0 radical (unpaired) electrons. The molecule has 1 saturated carbocycles. The Balaban J connectivity index is 0.000000941. The maximum absolute atomic E-state index is 12.4. The van der Waals surface area contributed by atoms with Crippen molar-refractivity contribution in [2.24, 2.45) is 0 Å². The highest BCUT2D eigenvalue weighted by Crippen LogP contribution is 2.38. The van der Waals surface area contributed by atoms with Crippen molar-refractivity contribution in [3.05, 3.63) is 11.7 Å². The summed E-state index contributed by atoms with van der Waals surface area (Å²) in [5, 5.41) is 13.9. The van der Waals surface area contributed by atoms with Gasteiger partial charge in [0.1, 0.15) is 0 Å². The van der Waals surface area contributed by atoms with Gasteiger partial charge in [-0.05, 0) is 40.0 Å². The molecule has 2 amide bonds. The van der Waals surface area contributed by atoms with E-state index in [0.717, 1.165) is 38.9 Å². The molecule has 0 aromatic carbocycles. The number of hydrogen-bond donors (Lipinski definition) is 2. The highest BCUT2D eigenvalue weighted by molar-refractivity contribution is 5.73. The molecule has 10 nitrogen and oxygen atoms in total. The zero-order chi connectivity index (χ0) is 21.2. The highest BCUT2D eigenvalue weighted by Gasteiger charge is 2.30. The summed E-state index contributed by atoms with van der Waals surface area (Å²) in [6.07, 6.45) is 3.73. The first-order valence-corrected chi connectivity index (χ1v) is 10.3. The predicted molar refractivity (Wildman–Crippen MR) is 106 cm³/mol. The van der Waals surface area contributed by atoms with E-state index in [0.29, 0.717) is 37.3 Å². The van der Waals surface area contributed by atoms with Crippen LogP contribution in [-0.4, -0.2) is 82.5 Å². The summed E-state index contributed by atoms with van der Waals surface area (Å²) < 4.78 is 11.0. The Morgan fingerprint density at radius 2 is 2.00 bits per heavy atom. The minimum absolute atomic E-state index is 0.0750. The molecule has 3 rings (SSSR count). The van der Waals surface area contributed by atoms with Crippen LogP contribution in [0.3, 0.4) is 0 Å². The number of morpholine rings is 1. The van der Waals surface area contributed by atoms with Crippen LogP contribution in [0, 0.1) is 0 Å². The summed E-state index contributed by atoms with van der Waals surface area (Å²) >= 11 is 0. The van der Waals surface area contributed by atoms with E-state index in [1.807, 2.05) is 6.92 Å². The molecule has 2 heterocycles. The molecule has 0 unspecified atom stereocenters. The predicted octanol–water partition coefficient (Wildman–Crippen LogP) is 1.68. The normalized spacial score (nSPS) is 21.8. The lowest BCUT2D eigenvalue weighted by atomic mass is 10.2. The molecule has 1 aromatic rings. The summed E-state index contributed by atoms with van der Waals surface area (Å²) in [4.78, 5) is 29.3. The second-order valence-electron chi connectivity index (χ2n) is 7.55. The van der Waals surface area contributed by atoms with Crippen LogP contribution in [0.4, 0.5) is 4.79 Å².